The van der Waals surface area contributed by atoms with E-state index in [9.17, 15) is 14.5 Å². The summed E-state index contributed by atoms with van der Waals surface area (Å²) in [6.45, 7) is 6.76. The third-order valence-electron chi connectivity index (χ3n) is 5.67. The normalized spacial score (nSPS) is 33.1. The average Bonchev–Trinajstić information content (AvgIpc) is 2.85. The number of hydrogen-bond donors (Lipinski definition) is 1. The first-order valence-corrected chi connectivity index (χ1v) is 7.44. The van der Waals surface area contributed by atoms with Gasteiger partial charge in [-0.15, -0.1) is 0 Å². The lowest BCUT2D eigenvalue weighted by atomic mass is 9.68. The Kier molecular flexibility index (Phi) is 3.01. The first-order valence-electron chi connectivity index (χ1n) is 7.44. The number of nitrogens with one attached hydrogen (secondary N) is 1. The Bertz CT molecular complexity index is 597. The van der Waals surface area contributed by atoms with E-state index in [0.717, 1.165) is 12.5 Å². The lowest BCUT2D eigenvalue weighted by Gasteiger charge is -2.43. The van der Waals surface area contributed by atoms with Crippen LogP contribution in [-0.4, -0.2) is 11.0 Å². The van der Waals surface area contributed by atoms with Crippen molar-refractivity contribution in [1.82, 2.24) is 0 Å². The van der Waals surface area contributed by atoms with E-state index in [1.807, 2.05) is 0 Å². The van der Waals surface area contributed by atoms with Crippen LogP contribution in [0.1, 0.15) is 40.0 Å². The molecule has 2 fully saturated rings. The van der Waals surface area contributed by atoms with E-state index in [0.29, 0.717) is 11.6 Å². The van der Waals surface area contributed by atoms with Gasteiger partial charge in [-0.2, -0.15) is 0 Å². The molecular weight excluding hydrogens is 271 g/mol. The van der Waals surface area contributed by atoms with Crippen LogP contribution < -0.4 is 5.32 Å². The van der Waals surface area contributed by atoms with E-state index in [1.165, 1.54) is 25.0 Å². The van der Waals surface area contributed by atoms with Crippen molar-refractivity contribution in [2.45, 2.75) is 46.1 Å². The number of halogens is 1. The van der Waals surface area contributed by atoms with Crippen LogP contribution in [0.25, 0.3) is 0 Å². The number of hydrogen-bond acceptors (Lipinski definition) is 3. The van der Waals surface area contributed by atoms with Gasteiger partial charge in [-0.3, -0.25) is 10.1 Å². The van der Waals surface area contributed by atoms with Crippen molar-refractivity contribution in [2.24, 2.45) is 16.7 Å². The molecule has 1 aromatic carbocycles. The Morgan fingerprint density at radius 3 is 2.62 bits per heavy atom. The van der Waals surface area contributed by atoms with E-state index in [1.54, 1.807) is 0 Å². The molecule has 4 nitrogen and oxygen atoms in total. The molecule has 2 aliphatic carbocycles. The standard InChI is InChI=1S/C16H21FN2O2/c1-15(2)10-4-5-16(3,9-10)14(15)18-12-6-11(17)7-13(8-12)19(20)21/h6-8,10,14,18H,4-5,9H2,1-3H3/t10-,14?,16+/m0/s1. The fourth-order valence-electron chi connectivity index (χ4n) is 4.59. The molecule has 0 spiro atoms. The molecule has 21 heavy (non-hydrogen) atoms. The van der Waals surface area contributed by atoms with Crippen molar-refractivity contribution in [3.05, 3.63) is 34.1 Å². The molecule has 114 valence electrons. The summed E-state index contributed by atoms with van der Waals surface area (Å²) in [7, 11) is 0. The fourth-order valence-corrected chi connectivity index (χ4v) is 4.59. The Labute approximate surface area is 123 Å². The first-order chi connectivity index (χ1) is 9.72. The summed E-state index contributed by atoms with van der Waals surface area (Å²) >= 11 is 0. The van der Waals surface area contributed by atoms with Crippen molar-refractivity contribution >= 4 is 11.4 Å². The van der Waals surface area contributed by atoms with E-state index in [2.05, 4.69) is 26.1 Å². The molecule has 2 aliphatic rings. The minimum atomic E-state index is -0.571. The zero-order valence-electron chi connectivity index (χ0n) is 12.6. The van der Waals surface area contributed by atoms with Crippen LogP contribution in [0.5, 0.6) is 0 Å². The number of fused-ring (bicyclic) bond motifs is 2. The third kappa shape index (κ3) is 2.19. The molecule has 1 unspecified atom stereocenters. The van der Waals surface area contributed by atoms with Crippen LogP contribution in [0.4, 0.5) is 15.8 Å². The predicted octanol–water partition coefficient (Wildman–Crippen LogP) is 4.36. The molecule has 0 saturated heterocycles. The minimum absolute atomic E-state index is 0.119. The van der Waals surface area contributed by atoms with Gasteiger partial charge in [-0.25, -0.2) is 4.39 Å². The number of benzene rings is 1. The van der Waals surface area contributed by atoms with Crippen molar-refractivity contribution < 1.29 is 9.31 Å². The molecule has 0 aromatic heterocycles. The Morgan fingerprint density at radius 1 is 1.33 bits per heavy atom. The molecule has 3 atom stereocenters. The Hall–Kier alpha value is -1.65. The average molecular weight is 292 g/mol. The van der Waals surface area contributed by atoms with E-state index in [4.69, 9.17) is 0 Å². The zero-order valence-corrected chi connectivity index (χ0v) is 12.6. The maximum atomic E-state index is 13.6. The Morgan fingerprint density at radius 2 is 2.05 bits per heavy atom. The largest absolute Gasteiger partial charge is 0.381 e. The lowest BCUT2D eigenvalue weighted by Crippen LogP contribution is -2.45. The molecule has 2 bridgehead atoms. The molecule has 5 heteroatoms. The van der Waals surface area contributed by atoms with Gasteiger partial charge in [-0.05, 0) is 42.1 Å². The molecular formula is C16H21FN2O2. The fraction of sp³-hybridized carbons (Fsp3) is 0.625. The van der Waals surface area contributed by atoms with Gasteiger partial charge >= 0.3 is 0 Å². The highest BCUT2D eigenvalue weighted by Crippen LogP contribution is 2.63. The summed E-state index contributed by atoms with van der Waals surface area (Å²) in [5.41, 5.74) is 0.612. The van der Waals surface area contributed by atoms with Crippen molar-refractivity contribution in [3.8, 4) is 0 Å². The molecule has 3 rings (SSSR count). The van der Waals surface area contributed by atoms with E-state index < -0.39 is 10.7 Å². The van der Waals surface area contributed by atoms with Crippen LogP contribution in [0, 0.1) is 32.7 Å². The Balaban J connectivity index is 1.92. The number of nitro groups is 1. The predicted molar refractivity (Wildman–Crippen MR) is 79.7 cm³/mol. The summed E-state index contributed by atoms with van der Waals surface area (Å²) in [5.74, 6) is 0.0985. The SMILES string of the molecule is CC1(C)C(Nc2cc(F)cc([N+](=O)[O-])c2)[C@]2(C)CC[C@H]1C2. The molecule has 1 N–H and O–H groups in total. The smallest absolute Gasteiger partial charge is 0.274 e. The summed E-state index contributed by atoms with van der Waals surface area (Å²) in [6.07, 6.45) is 3.58. The number of nitro benzene ring substituents is 1. The van der Waals surface area contributed by atoms with Gasteiger partial charge in [0.1, 0.15) is 5.82 Å². The van der Waals surface area contributed by atoms with Crippen molar-refractivity contribution in [3.63, 3.8) is 0 Å². The van der Waals surface area contributed by atoms with Gasteiger partial charge in [0, 0.05) is 17.8 Å². The van der Waals surface area contributed by atoms with Gasteiger partial charge < -0.3 is 5.32 Å². The monoisotopic (exact) mass is 292 g/mol. The summed E-state index contributed by atoms with van der Waals surface area (Å²) in [4.78, 5) is 10.3. The quantitative estimate of drug-likeness (QED) is 0.665. The van der Waals surface area contributed by atoms with Gasteiger partial charge in [0.05, 0.1) is 11.0 Å². The highest BCUT2D eigenvalue weighted by Gasteiger charge is 2.59. The second-order valence-corrected chi connectivity index (χ2v) is 7.45. The maximum Gasteiger partial charge on any atom is 0.274 e. The van der Waals surface area contributed by atoms with E-state index in [-0.39, 0.29) is 22.6 Å². The maximum absolute atomic E-state index is 13.6. The van der Waals surface area contributed by atoms with Gasteiger partial charge in [0.25, 0.3) is 5.69 Å². The van der Waals surface area contributed by atoms with Crippen LogP contribution in [-0.2, 0) is 0 Å². The summed E-state index contributed by atoms with van der Waals surface area (Å²) in [5, 5.41) is 14.3. The number of non-ortho nitro benzene ring substituents is 1. The second-order valence-electron chi connectivity index (χ2n) is 7.45. The molecule has 0 aliphatic heterocycles. The van der Waals surface area contributed by atoms with Gasteiger partial charge in [0.15, 0.2) is 0 Å². The van der Waals surface area contributed by atoms with Crippen LogP contribution in [0.3, 0.4) is 0 Å². The van der Waals surface area contributed by atoms with Crippen LogP contribution in [0.2, 0.25) is 0 Å². The topological polar surface area (TPSA) is 55.2 Å². The van der Waals surface area contributed by atoms with E-state index >= 15 is 0 Å². The molecule has 0 amide bonds. The molecule has 0 radical (unpaired) electrons. The summed E-state index contributed by atoms with van der Waals surface area (Å²) in [6, 6.07) is 3.94. The first kappa shape index (κ1) is 14.3. The number of rotatable bonds is 3. The number of anilines is 1. The molecule has 1 aromatic rings. The number of nitrogens with zero attached hydrogens (tertiary/aromatic N) is 1. The van der Waals surface area contributed by atoms with Crippen molar-refractivity contribution in [1.29, 1.82) is 0 Å². The minimum Gasteiger partial charge on any atom is -0.381 e. The van der Waals surface area contributed by atoms with Crippen LogP contribution >= 0.6 is 0 Å². The highest BCUT2D eigenvalue weighted by molar-refractivity contribution is 5.53. The van der Waals surface area contributed by atoms with Crippen molar-refractivity contribution in [2.75, 3.05) is 5.32 Å². The van der Waals surface area contributed by atoms with Crippen LogP contribution in [0.15, 0.2) is 18.2 Å². The summed E-state index contributed by atoms with van der Waals surface area (Å²) < 4.78 is 13.6. The third-order valence-corrected chi connectivity index (χ3v) is 5.67. The van der Waals surface area contributed by atoms with Gasteiger partial charge in [0.2, 0.25) is 0 Å². The van der Waals surface area contributed by atoms with Gasteiger partial charge in [-0.1, -0.05) is 20.8 Å². The highest BCUT2D eigenvalue weighted by atomic mass is 19.1. The lowest BCUT2D eigenvalue weighted by molar-refractivity contribution is -0.385. The second kappa shape index (κ2) is 4.42. The molecule has 0 heterocycles. The molecule has 2 saturated carbocycles. The zero-order chi connectivity index (χ0) is 15.4.